The molecule has 0 saturated carbocycles. The number of hydrogen-bond acceptors (Lipinski definition) is 3. The molecular weight excluding hydrogens is 322 g/mol. The van der Waals surface area contributed by atoms with Crippen LogP contribution in [0.15, 0.2) is 48.5 Å². The molecule has 5 nitrogen and oxygen atoms in total. The van der Waals surface area contributed by atoms with Gasteiger partial charge in [-0.3, -0.25) is 5.41 Å². The van der Waals surface area contributed by atoms with Crippen LogP contribution in [0.25, 0.3) is 11.0 Å². The molecule has 0 unspecified atom stereocenters. The van der Waals surface area contributed by atoms with Crippen LogP contribution in [0.1, 0.15) is 12.0 Å². The molecule has 0 aliphatic heterocycles. The first kappa shape index (κ1) is 16.3. The van der Waals surface area contributed by atoms with Crippen molar-refractivity contribution in [1.82, 2.24) is 14.5 Å². The lowest BCUT2D eigenvalue weighted by Crippen LogP contribution is -2.28. The number of nitrogens with two attached hydrogens (primary N) is 1. The van der Waals surface area contributed by atoms with Gasteiger partial charge in [0.05, 0.1) is 16.1 Å². The lowest BCUT2D eigenvalue weighted by atomic mass is 10.2. The highest BCUT2D eigenvalue weighted by Crippen LogP contribution is 2.25. The van der Waals surface area contributed by atoms with Gasteiger partial charge in [0.2, 0.25) is 5.95 Å². The summed E-state index contributed by atoms with van der Waals surface area (Å²) in [7, 11) is 1.93. The van der Waals surface area contributed by atoms with Crippen LogP contribution in [0.2, 0.25) is 5.02 Å². The molecule has 0 bridgehead atoms. The number of halogens is 1. The first-order valence-corrected chi connectivity index (χ1v) is 8.21. The molecule has 0 radical (unpaired) electrons. The van der Waals surface area contributed by atoms with Crippen LogP contribution < -0.4 is 5.73 Å². The molecule has 0 saturated heterocycles. The summed E-state index contributed by atoms with van der Waals surface area (Å²) < 4.78 is 1.94. The number of para-hydroxylation sites is 1. The van der Waals surface area contributed by atoms with Crippen molar-refractivity contribution in [3.05, 3.63) is 59.1 Å². The van der Waals surface area contributed by atoms with E-state index >= 15 is 0 Å². The molecule has 3 aromatic rings. The number of aryl methyl sites for hydroxylation is 1. The Morgan fingerprint density at radius 2 is 1.96 bits per heavy atom. The minimum Gasteiger partial charge on any atom is -0.369 e. The highest BCUT2D eigenvalue weighted by Gasteiger charge is 2.12. The molecule has 3 N–H and O–H groups in total. The van der Waals surface area contributed by atoms with E-state index in [0.29, 0.717) is 23.4 Å². The summed E-state index contributed by atoms with van der Waals surface area (Å²) in [5, 5.41) is 8.91. The van der Waals surface area contributed by atoms with Crippen LogP contribution >= 0.6 is 11.6 Å². The molecule has 2 aromatic carbocycles. The van der Waals surface area contributed by atoms with Crippen LogP contribution in [0.5, 0.6) is 0 Å². The number of rotatable bonds is 5. The molecule has 0 aliphatic carbocycles. The smallest absolute Gasteiger partial charge is 0.201 e. The third-order valence-corrected chi connectivity index (χ3v) is 4.36. The van der Waals surface area contributed by atoms with E-state index in [1.54, 1.807) is 0 Å². The van der Waals surface area contributed by atoms with Crippen molar-refractivity contribution < 1.29 is 0 Å². The van der Waals surface area contributed by atoms with Crippen molar-refractivity contribution >= 4 is 34.4 Å². The Morgan fingerprint density at radius 1 is 1.21 bits per heavy atom. The Hall–Kier alpha value is -2.53. The molecule has 0 fully saturated rings. The molecule has 0 aliphatic rings. The monoisotopic (exact) mass is 341 g/mol. The second kappa shape index (κ2) is 6.93. The molecule has 1 aromatic heterocycles. The van der Waals surface area contributed by atoms with Crippen LogP contribution in [0.3, 0.4) is 0 Å². The molecule has 24 heavy (non-hydrogen) atoms. The SMILES string of the molecule is CN(CCCn1c(N)nc2cccc(Cl)c21)C(=N)c1ccccc1. The maximum absolute atomic E-state index is 8.26. The van der Waals surface area contributed by atoms with Gasteiger partial charge < -0.3 is 15.2 Å². The Balaban J connectivity index is 1.67. The zero-order valence-corrected chi connectivity index (χ0v) is 14.3. The van der Waals surface area contributed by atoms with Gasteiger partial charge in [-0.2, -0.15) is 0 Å². The second-order valence-corrected chi connectivity index (χ2v) is 6.13. The molecule has 6 heteroatoms. The van der Waals surface area contributed by atoms with E-state index in [9.17, 15) is 0 Å². The van der Waals surface area contributed by atoms with Gasteiger partial charge in [-0.05, 0) is 18.6 Å². The summed E-state index contributed by atoms with van der Waals surface area (Å²) in [5.41, 5.74) is 8.62. The lowest BCUT2D eigenvalue weighted by molar-refractivity contribution is 0.465. The normalized spacial score (nSPS) is 10.9. The number of anilines is 1. The van der Waals surface area contributed by atoms with E-state index in [1.807, 2.05) is 65.0 Å². The summed E-state index contributed by atoms with van der Waals surface area (Å²) in [6, 6.07) is 15.4. The second-order valence-electron chi connectivity index (χ2n) is 5.72. The van der Waals surface area contributed by atoms with Gasteiger partial charge in [0.15, 0.2) is 0 Å². The first-order valence-electron chi connectivity index (χ1n) is 7.83. The van der Waals surface area contributed by atoms with E-state index in [1.165, 1.54) is 0 Å². The van der Waals surface area contributed by atoms with Crippen molar-refractivity contribution in [3.8, 4) is 0 Å². The largest absolute Gasteiger partial charge is 0.369 e. The molecule has 0 amide bonds. The number of nitrogens with one attached hydrogen (secondary N) is 1. The fourth-order valence-corrected chi connectivity index (χ4v) is 3.05. The number of fused-ring (bicyclic) bond motifs is 1. The van der Waals surface area contributed by atoms with E-state index in [4.69, 9.17) is 22.7 Å². The Bertz CT molecular complexity index is 856. The maximum Gasteiger partial charge on any atom is 0.201 e. The Labute approximate surface area is 146 Å². The van der Waals surface area contributed by atoms with Crippen molar-refractivity contribution in [3.63, 3.8) is 0 Å². The maximum atomic E-state index is 8.26. The number of aromatic nitrogens is 2. The van der Waals surface area contributed by atoms with E-state index in [2.05, 4.69) is 4.98 Å². The number of hydrogen-bond donors (Lipinski definition) is 2. The molecular formula is C18H20ClN5. The average Bonchev–Trinajstić information content (AvgIpc) is 2.92. The van der Waals surface area contributed by atoms with Gasteiger partial charge in [0.1, 0.15) is 5.84 Å². The molecule has 0 spiro atoms. The standard InChI is InChI=1S/C18H20ClN5/c1-23(17(20)13-7-3-2-4-8-13)11-6-12-24-16-14(19)9-5-10-15(16)22-18(24)21/h2-5,7-10,20H,6,11-12H2,1H3,(H2,21,22). The summed E-state index contributed by atoms with van der Waals surface area (Å²) in [5.74, 6) is 0.982. The minimum absolute atomic E-state index is 0.471. The van der Waals surface area contributed by atoms with Crippen molar-refractivity contribution in [2.75, 3.05) is 19.3 Å². The quantitative estimate of drug-likeness (QED) is 0.550. The number of imidazole rings is 1. The third-order valence-electron chi connectivity index (χ3n) is 4.05. The van der Waals surface area contributed by atoms with Crippen LogP contribution in [-0.2, 0) is 6.54 Å². The van der Waals surface area contributed by atoms with Gasteiger partial charge in [-0.15, -0.1) is 0 Å². The van der Waals surface area contributed by atoms with Crippen molar-refractivity contribution in [2.24, 2.45) is 0 Å². The first-order chi connectivity index (χ1) is 11.6. The lowest BCUT2D eigenvalue weighted by Gasteiger charge is -2.20. The molecule has 0 atom stereocenters. The van der Waals surface area contributed by atoms with E-state index in [0.717, 1.165) is 29.6 Å². The van der Waals surface area contributed by atoms with Gasteiger partial charge in [-0.1, -0.05) is 48.0 Å². The molecule has 124 valence electrons. The summed E-state index contributed by atoms with van der Waals surface area (Å²) in [6.45, 7) is 1.45. The predicted molar refractivity (Wildman–Crippen MR) is 99.7 cm³/mol. The number of amidine groups is 1. The zero-order valence-electron chi connectivity index (χ0n) is 13.5. The topological polar surface area (TPSA) is 70.9 Å². The third kappa shape index (κ3) is 3.21. The minimum atomic E-state index is 0.471. The fourth-order valence-electron chi connectivity index (χ4n) is 2.78. The number of nitrogen functional groups attached to an aromatic ring is 1. The number of nitrogens with zero attached hydrogens (tertiary/aromatic N) is 3. The molecule has 3 rings (SSSR count). The van der Waals surface area contributed by atoms with Crippen molar-refractivity contribution in [1.29, 1.82) is 5.41 Å². The summed E-state index contributed by atoms with van der Waals surface area (Å²) in [4.78, 5) is 6.29. The fraction of sp³-hybridized carbons (Fsp3) is 0.222. The van der Waals surface area contributed by atoms with Crippen LogP contribution in [-0.4, -0.2) is 33.9 Å². The van der Waals surface area contributed by atoms with Gasteiger partial charge in [0, 0.05) is 25.7 Å². The van der Waals surface area contributed by atoms with Crippen molar-refractivity contribution in [2.45, 2.75) is 13.0 Å². The van der Waals surface area contributed by atoms with Gasteiger partial charge in [0.25, 0.3) is 0 Å². The average molecular weight is 342 g/mol. The number of benzene rings is 2. The highest BCUT2D eigenvalue weighted by atomic mass is 35.5. The zero-order chi connectivity index (χ0) is 17.1. The summed E-state index contributed by atoms with van der Waals surface area (Å²) >= 11 is 6.29. The molecule has 1 heterocycles. The predicted octanol–water partition coefficient (Wildman–Crippen LogP) is 3.62. The Morgan fingerprint density at radius 3 is 2.71 bits per heavy atom. The van der Waals surface area contributed by atoms with E-state index < -0.39 is 0 Å². The van der Waals surface area contributed by atoms with Crippen LogP contribution in [0.4, 0.5) is 5.95 Å². The van der Waals surface area contributed by atoms with Gasteiger partial charge in [-0.25, -0.2) is 4.98 Å². The van der Waals surface area contributed by atoms with Crippen LogP contribution in [0, 0.1) is 5.41 Å². The highest BCUT2D eigenvalue weighted by molar-refractivity contribution is 6.35. The summed E-state index contributed by atoms with van der Waals surface area (Å²) in [6.07, 6.45) is 0.840. The van der Waals surface area contributed by atoms with E-state index in [-0.39, 0.29) is 0 Å². The van der Waals surface area contributed by atoms with Gasteiger partial charge >= 0.3 is 0 Å². The Kier molecular flexibility index (Phi) is 4.71.